The van der Waals surface area contributed by atoms with Crippen LogP contribution in [0.4, 0.5) is 11.4 Å². The third kappa shape index (κ3) is 8.39. The van der Waals surface area contributed by atoms with Crippen molar-refractivity contribution in [2.45, 2.75) is 16.0 Å². The Hall–Kier alpha value is -4.22. The summed E-state index contributed by atoms with van der Waals surface area (Å²) in [5, 5.41) is 13.0. The Labute approximate surface area is 282 Å². The van der Waals surface area contributed by atoms with Crippen LogP contribution in [-0.4, -0.2) is 71.7 Å². The number of sulfonamides is 2. The number of hydrogen-bond acceptors (Lipinski definition) is 12. The Balaban J connectivity index is 1.79. The van der Waals surface area contributed by atoms with Crippen LogP contribution in [0.5, 0.6) is 11.5 Å². The van der Waals surface area contributed by atoms with Crippen LogP contribution in [0.25, 0.3) is 10.8 Å². The molecule has 5 N–H and O–H groups in total. The minimum atomic E-state index is -4.35. The minimum absolute atomic E-state index is 0.0694. The molecule has 0 aliphatic rings. The average Bonchev–Trinajstić information content (AvgIpc) is 3.05. The molecule has 4 aromatic carbocycles. The standard InChI is InChI=1S/C30H31N5O8S4/c1-42-21-6-10-23(11-7-21)46(38,39)34(18-29(31)36)27-14-15-28(26-5-3-2-4-25(26)27)35(19-30(32)37)47(40,41)24-12-8-22(9-13-24)43-45-17-16-33-20-44/h2-15,30,37H,16-19,32H2,1H3,(H2,31,36). The van der Waals surface area contributed by atoms with E-state index in [0.717, 1.165) is 20.7 Å². The number of primary amides is 1. The molecule has 0 spiro atoms. The van der Waals surface area contributed by atoms with Crippen LogP contribution >= 0.6 is 24.3 Å². The molecule has 0 bridgehead atoms. The fourth-order valence-electron chi connectivity index (χ4n) is 4.55. The number of nitrogens with two attached hydrogens (primary N) is 2. The van der Waals surface area contributed by atoms with Crippen molar-refractivity contribution >= 4 is 77.5 Å². The zero-order valence-corrected chi connectivity index (χ0v) is 28.2. The Morgan fingerprint density at radius 3 is 1.89 bits per heavy atom. The Morgan fingerprint density at radius 2 is 1.40 bits per heavy atom. The summed E-state index contributed by atoms with van der Waals surface area (Å²) >= 11 is 5.64. The molecule has 0 saturated carbocycles. The third-order valence-corrected chi connectivity index (χ3v) is 11.0. The second-order valence-corrected chi connectivity index (χ2v) is 14.5. The third-order valence-electron chi connectivity index (χ3n) is 6.63. The van der Waals surface area contributed by atoms with E-state index in [2.05, 4.69) is 22.4 Å². The number of carbonyl (C=O) groups is 1. The minimum Gasteiger partial charge on any atom is -0.497 e. The Morgan fingerprint density at radius 1 is 0.894 bits per heavy atom. The maximum atomic E-state index is 14.0. The van der Waals surface area contributed by atoms with Gasteiger partial charge < -0.3 is 25.5 Å². The molecule has 1 atom stereocenters. The number of carbonyl (C=O) groups excluding carboxylic acids is 1. The number of fused-ring (bicyclic) bond motifs is 1. The summed E-state index contributed by atoms with van der Waals surface area (Å²) < 4.78 is 68.2. The van der Waals surface area contributed by atoms with E-state index in [9.17, 15) is 26.7 Å². The van der Waals surface area contributed by atoms with Crippen molar-refractivity contribution < 1.29 is 35.7 Å². The highest BCUT2D eigenvalue weighted by atomic mass is 32.2. The van der Waals surface area contributed by atoms with Gasteiger partial charge in [-0.05, 0) is 72.9 Å². The quantitative estimate of drug-likeness (QED) is 0.0507. The zero-order chi connectivity index (χ0) is 34.2. The van der Waals surface area contributed by atoms with Crippen molar-refractivity contribution in [2.24, 2.45) is 16.5 Å². The number of isothiocyanates is 1. The summed E-state index contributed by atoms with van der Waals surface area (Å²) in [6.45, 7) is -0.819. The van der Waals surface area contributed by atoms with Gasteiger partial charge in [-0.25, -0.2) is 21.8 Å². The van der Waals surface area contributed by atoms with E-state index in [-0.39, 0.29) is 26.6 Å². The number of rotatable bonds is 16. The maximum absolute atomic E-state index is 14.0. The fraction of sp³-hybridized carbons (Fsp3) is 0.200. The zero-order valence-electron chi connectivity index (χ0n) is 24.9. The van der Waals surface area contributed by atoms with Gasteiger partial charge in [-0.2, -0.15) is 0 Å². The van der Waals surface area contributed by atoms with E-state index >= 15 is 0 Å². The van der Waals surface area contributed by atoms with E-state index in [0.29, 0.717) is 29.2 Å². The molecule has 248 valence electrons. The van der Waals surface area contributed by atoms with Gasteiger partial charge >= 0.3 is 0 Å². The summed E-state index contributed by atoms with van der Waals surface area (Å²) in [6.07, 6.45) is -1.57. The first kappa shape index (κ1) is 35.6. The predicted octanol–water partition coefficient (Wildman–Crippen LogP) is 3.13. The molecule has 0 aliphatic heterocycles. The number of aliphatic hydroxyl groups is 1. The second-order valence-electron chi connectivity index (χ2n) is 9.76. The number of aliphatic hydroxyl groups excluding tert-OH is 1. The normalized spacial score (nSPS) is 12.1. The number of ether oxygens (including phenoxy) is 1. The molecule has 17 heteroatoms. The van der Waals surface area contributed by atoms with Gasteiger partial charge in [0.15, 0.2) is 0 Å². The molecule has 13 nitrogen and oxygen atoms in total. The number of benzene rings is 4. The van der Waals surface area contributed by atoms with E-state index in [4.69, 9.17) is 20.4 Å². The molecule has 1 unspecified atom stereocenters. The first-order valence-electron chi connectivity index (χ1n) is 13.8. The van der Waals surface area contributed by atoms with Crippen LogP contribution in [0.15, 0.2) is 99.7 Å². The van der Waals surface area contributed by atoms with E-state index in [1.54, 1.807) is 24.3 Å². The number of methoxy groups -OCH3 is 1. The molecule has 1 amide bonds. The van der Waals surface area contributed by atoms with Crippen molar-refractivity contribution in [3.63, 3.8) is 0 Å². The van der Waals surface area contributed by atoms with Gasteiger partial charge in [-0.3, -0.25) is 13.4 Å². The smallest absolute Gasteiger partial charge is 0.264 e. The average molecular weight is 718 g/mol. The highest BCUT2D eigenvalue weighted by molar-refractivity contribution is 7.95. The van der Waals surface area contributed by atoms with Gasteiger partial charge in [0.05, 0.1) is 64.3 Å². The molecule has 0 aliphatic carbocycles. The number of amides is 1. The number of thiocarbonyl (C=S) groups is 1. The first-order valence-corrected chi connectivity index (χ1v) is 18.0. The molecule has 0 radical (unpaired) electrons. The molecule has 4 aromatic rings. The van der Waals surface area contributed by atoms with Crippen LogP contribution in [0.3, 0.4) is 0 Å². The van der Waals surface area contributed by atoms with Crippen LogP contribution in [-0.2, 0) is 24.8 Å². The molecule has 0 fully saturated rings. The maximum Gasteiger partial charge on any atom is 0.264 e. The van der Waals surface area contributed by atoms with E-state index in [1.807, 2.05) is 0 Å². The van der Waals surface area contributed by atoms with Crippen LogP contribution < -0.4 is 29.0 Å². The van der Waals surface area contributed by atoms with Crippen LogP contribution in [0.2, 0.25) is 0 Å². The number of aliphatic imine (C=N–C) groups is 1. The Bertz CT molecular complexity index is 1990. The van der Waals surface area contributed by atoms with Gasteiger partial charge in [-0.1, -0.05) is 24.3 Å². The topological polar surface area (TPSA) is 195 Å². The number of nitrogens with zero attached hydrogens (tertiary/aromatic N) is 3. The lowest BCUT2D eigenvalue weighted by Crippen LogP contribution is -2.41. The van der Waals surface area contributed by atoms with Crippen molar-refractivity contribution in [2.75, 3.05) is 41.1 Å². The SMILES string of the molecule is COc1ccc(S(=O)(=O)N(CC(N)=O)c2ccc(N(CC(N)O)S(=O)(=O)c3ccc(OSCCN=C=S)cc3)c3ccccc23)cc1. The van der Waals surface area contributed by atoms with Crippen LogP contribution in [0.1, 0.15) is 0 Å². The summed E-state index contributed by atoms with van der Waals surface area (Å²) in [7, 11) is -7.25. The first-order chi connectivity index (χ1) is 22.4. The van der Waals surface area contributed by atoms with Gasteiger partial charge in [-0.15, -0.1) is 0 Å². The van der Waals surface area contributed by atoms with Gasteiger partial charge in [0.1, 0.15) is 24.3 Å². The fourth-order valence-corrected chi connectivity index (χ4v) is 8.09. The lowest BCUT2D eigenvalue weighted by Gasteiger charge is -2.29. The molecule has 0 saturated heterocycles. The molecule has 0 aromatic heterocycles. The largest absolute Gasteiger partial charge is 0.497 e. The molecular weight excluding hydrogens is 687 g/mol. The van der Waals surface area contributed by atoms with Crippen molar-refractivity contribution in [3.05, 3.63) is 84.9 Å². The van der Waals surface area contributed by atoms with E-state index in [1.165, 1.54) is 67.8 Å². The summed E-state index contributed by atoms with van der Waals surface area (Å²) in [5.74, 6) is 0.415. The van der Waals surface area contributed by atoms with Gasteiger partial charge in [0, 0.05) is 10.8 Å². The molecule has 0 heterocycles. The highest BCUT2D eigenvalue weighted by Gasteiger charge is 2.31. The van der Waals surface area contributed by atoms with Crippen LogP contribution in [0, 0.1) is 0 Å². The molecular formula is C30H31N5O8S4. The second kappa shape index (κ2) is 15.6. The summed E-state index contributed by atoms with van der Waals surface area (Å²) in [4.78, 5) is 15.7. The number of hydrogen-bond donors (Lipinski definition) is 3. The molecule has 47 heavy (non-hydrogen) atoms. The lowest BCUT2D eigenvalue weighted by atomic mass is 10.1. The molecule has 4 rings (SSSR count). The van der Waals surface area contributed by atoms with Crippen molar-refractivity contribution in [3.8, 4) is 11.5 Å². The van der Waals surface area contributed by atoms with E-state index < -0.39 is 45.3 Å². The van der Waals surface area contributed by atoms with Crippen molar-refractivity contribution in [1.82, 2.24) is 0 Å². The monoisotopic (exact) mass is 717 g/mol. The summed E-state index contributed by atoms with van der Waals surface area (Å²) in [5.41, 5.74) is 11.4. The number of anilines is 2. The predicted molar refractivity (Wildman–Crippen MR) is 185 cm³/mol. The summed E-state index contributed by atoms with van der Waals surface area (Å²) in [6, 6.07) is 20.4. The van der Waals surface area contributed by atoms with Crippen molar-refractivity contribution in [1.29, 1.82) is 0 Å². The highest BCUT2D eigenvalue weighted by Crippen LogP contribution is 2.38. The Kier molecular flexibility index (Phi) is 11.8. The lowest BCUT2D eigenvalue weighted by molar-refractivity contribution is -0.116. The van der Waals surface area contributed by atoms with Gasteiger partial charge in [0.25, 0.3) is 20.0 Å². The van der Waals surface area contributed by atoms with Gasteiger partial charge in [0.2, 0.25) is 5.91 Å².